The molecule has 0 spiro atoms. The molecule has 13 rings (SSSR count). The topological polar surface area (TPSA) is 14.7 Å². The predicted molar refractivity (Wildman–Crippen MR) is 333 cm³/mol. The average molecular weight is 1020 g/mol. The molecule has 6 atom stereocenters. The first-order chi connectivity index (χ1) is 38.5. The van der Waals surface area contributed by atoms with Crippen LogP contribution in [0.5, 0.6) is 0 Å². The van der Waals surface area contributed by atoms with Crippen LogP contribution in [0.25, 0.3) is 33.8 Å². The number of nitrogens with zero attached hydrogens (tertiary/aromatic N) is 4. The van der Waals surface area contributed by atoms with Gasteiger partial charge >= 0.3 is 0 Å². The fourth-order valence-corrected chi connectivity index (χ4v) is 13.4. The van der Waals surface area contributed by atoms with Gasteiger partial charge in [0.05, 0.1) is 17.6 Å². The molecule has 6 aromatic carbocycles. The molecular weight excluding hydrogens is 945 g/mol. The summed E-state index contributed by atoms with van der Waals surface area (Å²) in [4.78, 5) is 7.61. The average Bonchev–Trinajstić information content (AvgIpc) is 4.21. The Labute approximate surface area is 462 Å². The van der Waals surface area contributed by atoms with Crippen molar-refractivity contribution in [2.45, 2.75) is 95.6 Å². The van der Waals surface area contributed by atoms with Crippen LogP contribution in [0.2, 0.25) is 0 Å². The van der Waals surface area contributed by atoms with Gasteiger partial charge in [-0.1, -0.05) is 172 Å². The number of allylic oxidation sites excluding steroid dienone is 16. The van der Waals surface area contributed by atoms with Crippen molar-refractivity contribution < 1.29 is 0 Å². The highest BCUT2D eigenvalue weighted by molar-refractivity contribution is 5.98. The van der Waals surface area contributed by atoms with Gasteiger partial charge in [0.2, 0.25) is 0 Å². The van der Waals surface area contributed by atoms with Crippen LogP contribution in [0.3, 0.4) is 0 Å². The summed E-state index contributed by atoms with van der Waals surface area (Å²) >= 11 is 0. The highest BCUT2D eigenvalue weighted by Gasteiger charge is 2.41. The van der Waals surface area contributed by atoms with E-state index in [9.17, 15) is 0 Å². The fourth-order valence-electron chi connectivity index (χ4n) is 13.4. The van der Waals surface area contributed by atoms with E-state index in [2.05, 4.69) is 289 Å². The van der Waals surface area contributed by atoms with Crippen molar-refractivity contribution in [3.05, 3.63) is 271 Å². The first-order valence-corrected chi connectivity index (χ1v) is 28.8. The lowest BCUT2D eigenvalue weighted by molar-refractivity contribution is 0.523. The molecule has 5 aliphatic carbocycles. The molecule has 0 N–H and O–H groups in total. The third-order valence-electron chi connectivity index (χ3n) is 17.3. The number of hydrogen-bond donors (Lipinski definition) is 0. The Kier molecular flexibility index (Phi) is 13.6. The second-order valence-electron chi connectivity index (χ2n) is 22.0. The lowest BCUT2D eigenvalue weighted by Gasteiger charge is -2.36. The highest BCUT2D eigenvalue weighted by atomic mass is 15.2. The number of benzene rings is 6. The van der Waals surface area contributed by atoms with E-state index < -0.39 is 0 Å². The monoisotopic (exact) mass is 1010 g/mol. The number of anilines is 7. The minimum Gasteiger partial charge on any atom is -0.357 e. The first kappa shape index (κ1) is 49.2. The van der Waals surface area contributed by atoms with Gasteiger partial charge in [-0.3, -0.25) is 0 Å². The summed E-state index contributed by atoms with van der Waals surface area (Å²) in [6.45, 7) is 6.66. The van der Waals surface area contributed by atoms with E-state index in [4.69, 9.17) is 0 Å². The van der Waals surface area contributed by atoms with Crippen LogP contribution < -0.4 is 14.7 Å². The Balaban J connectivity index is 0.856. The molecule has 0 amide bonds. The lowest BCUT2D eigenvalue weighted by atomic mass is 9.84. The van der Waals surface area contributed by atoms with Crippen LogP contribution in [0.4, 0.5) is 39.8 Å². The van der Waals surface area contributed by atoms with E-state index >= 15 is 0 Å². The molecule has 78 heavy (non-hydrogen) atoms. The Bertz CT molecular complexity index is 3660. The molecule has 4 heteroatoms. The van der Waals surface area contributed by atoms with Gasteiger partial charge in [-0.05, 0) is 177 Å². The third kappa shape index (κ3) is 9.21. The lowest BCUT2D eigenvalue weighted by Crippen LogP contribution is -2.41. The zero-order valence-corrected chi connectivity index (χ0v) is 45.4. The van der Waals surface area contributed by atoms with Crippen molar-refractivity contribution >= 4 is 62.5 Å². The Morgan fingerprint density at radius 1 is 0.590 bits per heavy atom. The van der Waals surface area contributed by atoms with Crippen LogP contribution in [0, 0.1) is 5.92 Å². The zero-order valence-electron chi connectivity index (χ0n) is 45.4. The van der Waals surface area contributed by atoms with Crippen LogP contribution in [0.1, 0.15) is 105 Å². The summed E-state index contributed by atoms with van der Waals surface area (Å²) in [6, 6.07) is 52.2. The maximum Gasteiger partial charge on any atom is 0.0549 e. The highest BCUT2D eigenvalue weighted by Crippen LogP contribution is 2.51. The summed E-state index contributed by atoms with van der Waals surface area (Å²) in [5.74, 6) is 1.68. The summed E-state index contributed by atoms with van der Waals surface area (Å²) < 4.78 is 2.51. The Morgan fingerprint density at radius 2 is 1.22 bits per heavy atom. The quantitative estimate of drug-likeness (QED) is 0.0845. The van der Waals surface area contributed by atoms with Gasteiger partial charge < -0.3 is 19.3 Å². The molecule has 0 radical (unpaired) electrons. The number of hydrogen-bond acceptors (Lipinski definition) is 3. The molecule has 7 aromatic rings. The second kappa shape index (κ2) is 21.6. The standard InChI is InChI=1S/C74H70N4/c1-4-18-58(19-5-2)77-71-28-16-14-26-67(71)69-50-65(46-48-73(69)77)76(63-44-36-57(37-45-63)66-25-13-12-20-52(66)3)62-42-34-56(35-43-62)55-32-40-61(41-33-55)75(60-38-30-54(31-39-60)53-21-8-6-9-22-53)64-47-49-74-70(51-64)68-27-15-17-29-72(68)78(74)59-23-10-7-11-24-59/h4,6-14,17-21,23,25-26,29-53,59,66,68,72H,5,15-16,22,24,27-28H2,1-3H3/b18-4-,58-19+. The van der Waals surface area contributed by atoms with Gasteiger partial charge in [0.1, 0.15) is 0 Å². The number of rotatable bonds is 13. The Morgan fingerprint density at radius 3 is 1.87 bits per heavy atom. The van der Waals surface area contributed by atoms with Crippen LogP contribution in [-0.4, -0.2) is 16.7 Å². The molecule has 1 aromatic heterocycles. The van der Waals surface area contributed by atoms with E-state index in [-0.39, 0.29) is 0 Å². The smallest absolute Gasteiger partial charge is 0.0549 e. The maximum atomic E-state index is 2.70. The van der Waals surface area contributed by atoms with E-state index in [0.29, 0.717) is 35.8 Å². The van der Waals surface area contributed by atoms with Crippen molar-refractivity contribution in [2.24, 2.45) is 5.92 Å². The van der Waals surface area contributed by atoms with Crippen LogP contribution in [0.15, 0.2) is 243 Å². The van der Waals surface area contributed by atoms with E-state index in [1.807, 2.05) is 0 Å². The minimum absolute atomic E-state index is 0.359. The summed E-state index contributed by atoms with van der Waals surface area (Å²) in [6.07, 6.45) is 50.9. The largest absolute Gasteiger partial charge is 0.357 e. The van der Waals surface area contributed by atoms with E-state index in [1.165, 1.54) is 73.5 Å². The molecule has 4 nitrogen and oxygen atoms in total. The van der Waals surface area contributed by atoms with Crippen LogP contribution in [-0.2, 0) is 6.42 Å². The molecule has 0 saturated heterocycles. The van der Waals surface area contributed by atoms with Gasteiger partial charge in [-0.2, -0.15) is 0 Å². The predicted octanol–water partition coefficient (Wildman–Crippen LogP) is 20.0. The SMILES string of the molecule is C/C=C\C(=C/CC)n1c2c(c3cc(N(c4ccc(-c5ccc(N(c6ccc(C7C=CC=CC7)cc6)c6ccc7c(c6)C6CCC=CC6N7C6C=CC=CC6)cc5)cc4)c4ccc(C5C=CC=CC5C)cc4)ccc31)C=CCC2. The van der Waals surface area contributed by atoms with Crippen molar-refractivity contribution in [3.63, 3.8) is 0 Å². The van der Waals surface area contributed by atoms with Crippen molar-refractivity contribution in [3.8, 4) is 11.1 Å². The van der Waals surface area contributed by atoms with Gasteiger partial charge in [-0.25, -0.2) is 0 Å². The van der Waals surface area contributed by atoms with Gasteiger partial charge in [0.15, 0.2) is 0 Å². The summed E-state index contributed by atoms with van der Waals surface area (Å²) in [5.41, 5.74) is 20.0. The van der Waals surface area contributed by atoms with E-state index in [0.717, 1.165) is 67.0 Å². The van der Waals surface area contributed by atoms with Crippen molar-refractivity contribution in [2.75, 3.05) is 14.7 Å². The molecule has 0 fully saturated rings. The van der Waals surface area contributed by atoms with Crippen molar-refractivity contribution in [1.29, 1.82) is 0 Å². The number of fused-ring (bicyclic) bond motifs is 6. The fraction of sp³-hybridized carbons (Fsp3) is 0.216. The maximum absolute atomic E-state index is 2.70. The van der Waals surface area contributed by atoms with E-state index in [1.54, 1.807) is 0 Å². The first-order valence-electron chi connectivity index (χ1n) is 28.8. The molecule has 386 valence electrons. The normalized spacial score (nSPS) is 21.9. The van der Waals surface area contributed by atoms with Gasteiger partial charge in [0, 0.05) is 79.9 Å². The second-order valence-corrected chi connectivity index (χ2v) is 22.0. The summed E-state index contributed by atoms with van der Waals surface area (Å²) in [5, 5.41) is 1.28. The van der Waals surface area contributed by atoms with Gasteiger partial charge in [-0.15, -0.1) is 0 Å². The molecular formula is C74H70N4. The van der Waals surface area contributed by atoms with Gasteiger partial charge in [0.25, 0.3) is 0 Å². The number of aromatic nitrogens is 1. The zero-order chi connectivity index (χ0) is 52.5. The molecule has 1 aliphatic heterocycles. The molecule has 0 saturated carbocycles. The Hall–Kier alpha value is -8.34. The molecule has 6 aliphatic rings. The third-order valence-corrected chi connectivity index (χ3v) is 17.3. The summed E-state index contributed by atoms with van der Waals surface area (Å²) in [7, 11) is 0. The molecule has 6 unspecified atom stereocenters. The molecule has 2 heterocycles. The van der Waals surface area contributed by atoms with Crippen molar-refractivity contribution in [1.82, 2.24) is 4.57 Å². The van der Waals surface area contributed by atoms with Crippen LogP contribution >= 0.6 is 0 Å². The molecule has 0 bridgehead atoms. The minimum atomic E-state index is 0.359.